The smallest absolute Gasteiger partial charge is 0.270 e. The van der Waals surface area contributed by atoms with E-state index in [1.54, 1.807) is 17.6 Å². The Bertz CT molecular complexity index is 1200. The molecule has 136 valence electrons. The van der Waals surface area contributed by atoms with Gasteiger partial charge in [0.25, 0.3) is 5.56 Å². The number of halogens is 1. The van der Waals surface area contributed by atoms with Gasteiger partial charge >= 0.3 is 0 Å². The summed E-state index contributed by atoms with van der Waals surface area (Å²) in [5.74, 6) is 0.209. The van der Waals surface area contributed by atoms with Crippen LogP contribution in [0.2, 0.25) is 0 Å². The van der Waals surface area contributed by atoms with Crippen LogP contribution < -0.4 is 5.56 Å². The molecule has 0 unspecified atom stereocenters. The second kappa shape index (κ2) is 7.00. The zero-order valence-corrected chi connectivity index (χ0v) is 15.7. The van der Waals surface area contributed by atoms with Gasteiger partial charge in [-0.15, -0.1) is 0 Å². The average Bonchev–Trinajstić information content (AvgIpc) is 3.02. The summed E-state index contributed by atoms with van der Waals surface area (Å²) >= 11 is 1.38. The van der Waals surface area contributed by atoms with Gasteiger partial charge in [-0.2, -0.15) is 5.10 Å². The van der Waals surface area contributed by atoms with Gasteiger partial charge in [-0.1, -0.05) is 42.1 Å². The van der Waals surface area contributed by atoms with Crippen LogP contribution in [0.1, 0.15) is 16.8 Å². The highest BCUT2D eigenvalue weighted by molar-refractivity contribution is 7.98. The summed E-state index contributed by atoms with van der Waals surface area (Å²) in [7, 11) is 0. The molecule has 5 nitrogen and oxygen atoms in total. The number of fused-ring (bicyclic) bond motifs is 1. The van der Waals surface area contributed by atoms with Crippen molar-refractivity contribution in [3.63, 3.8) is 0 Å². The summed E-state index contributed by atoms with van der Waals surface area (Å²) in [4.78, 5) is 17.8. The van der Waals surface area contributed by atoms with E-state index in [2.05, 4.69) is 15.2 Å². The summed E-state index contributed by atoms with van der Waals surface area (Å²) in [6.07, 6.45) is 0. The summed E-state index contributed by atoms with van der Waals surface area (Å²) in [5, 5.41) is 7.98. The zero-order valence-electron chi connectivity index (χ0n) is 14.9. The first-order valence-corrected chi connectivity index (χ1v) is 9.44. The lowest BCUT2D eigenvalue weighted by Crippen LogP contribution is -2.22. The lowest BCUT2D eigenvalue weighted by Gasteiger charge is -2.14. The third kappa shape index (κ3) is 3.26. The van der Waals surface area contributed by atoms with Crippen LogP contribution in [0, 0.1) is 19.7 Å². The van der Waals surface area contributed by atoms with E-state index in [0.717, 1.165) is 16.8 Å². The molecule has 0 spiro atoms. The fraction of sp³-hybridized carbons (Fsp3) is 0.150. The van der Waals surface area contributed by atoms with E-state index in [0.29, 0.717) is 27.6 Å². The highest BCUT2D eigenvalue weighted by Crippen LogP contribution is 2.26. The van der Waals surface area contributed by atoms with Crippen molar-refractivity contribution in [3.05, 3.63) is 81.5 Å². The highest BCUT2D eigenvalue weighted by atomic mass is 32.2. The van der Waals surface area contributed by atoms with Gasteiger partial charge in [0.15, 0.2) is 10.8 Å². The predicted octanol–water partition coefficient (Wildman–Crippen LogP) is 4.16. The molecule has 0 amide bonds. The van der Waals surface area contributed by atoms with E-state index in [1.807, 2.05) is 37.3 Å². The Morgan fingerprint density at radius 2 is 1.96 bits per heavy atom. The molecule has 2 heterocycles. The van der Waals surface area contributed by atoms with Crippen LogP contribution in [0.15, 0.2) is 58.5 Å². The van der Waals surface area contributed by atoms with E-state index in [4.69, 9.17) is 0 Å². The van der Waals surface area contributed by atoms with Crippen LogP contribution >= 0.6 is 11.8 Å². The molecular weight excluding hydrogens is 363 g/mol. The number of hydrogen-bond donors (Lipinski definition) is 1. The Morgan fingerprint density at radius 3 is 2.74 bits per heavy atom. The zero-order chi connectivity index (χ0) is 19.0. The lowest BCUT2D eigenvalue weighted by molar-refractivity contribution is 0.626. The minimum atomic E-state index is -0.282. The van der Waals surface area contributed by atoms with Crippen molar-refractivity contribution >= 4 is 22.8 Å². The fourth-order valence-corrected chi connectivity index (χ4v) is 3.93. The minimum absolute atomic E-state index is 0.165. The number of aromatic nitrogens is 4. The standard InChI is InChI=1S/C20H17FN4OS/c1-12-6-3-4-9-16(12)25-19(26)17-13(2)23-24-18(17)22-20(25)27-11-14-7-5-8-15(21)10-14/h3-10H,11H2,1-2H3,(H,23,24). The molecule has 0 saturated heterocycles. The van der Waals surface area contributed by atoms with Gasteiger partial charge in [-0.05, 0) is 43.2 Å². The number of rotatable bonds is 4. The molecule has 0 fully saturated rings. The fourth-order valence-electron chi connectivity index (χ4n) is 2.99. The van der Waals surface area contributed by atoms with Crippen molar-refractivity contribution in [1.82, 2.24) is 19.7 Å². The topological polar surface area (TPSA) is 63.6 Å². The average molecular weight is 380 g/mol. The maximum absolute atomic E-state index is 13.5. The quantitative estimate of drug-likeness (QED) is 0.427. The number of benzene rings is 2. The van der Waals surface area contributed by atoms with Gasteiger partial charge in [-0.3, -0.25) is 14.5 Å². The number of hydrogen-bond acceptors (Lipinski definition) is 4. The lowest BCUT2D eigenvalue weighted by atomic mass is 10.2. The largest absolute Gasteiger partial charge is 0.280 e. The van der Waals surface area contributed by atoms with Gasteiger partial charge in [0, 0.05) is 11.4 Å². The van der Waals surface area contributed by atoms with E-state index in [1.165, 1.54) is 23.9 Å². The predicted molar refractivity (Wildman–Crippen MR) is 105 cm³/mol. The molecule has 0 radical (unpaired) electrons. The Morgan fingerprint density at radius 1 is 1.15 bits per heavy atom. The Hall–Kier alpha value is -2.93. The number of H-pyrrole nitrogens is 1. The van der Waals surface area contributed by atoms with Crippen molar-refractivity contribution in [2.45, 2.75) is 24.8 Å². The number of nitrogens with one attached hydrogen (secondary N) is 1. The third-order valence-corrected chi connectivity index (χ3v) is 5.36. The summed E-state index contributed by atoms with van der Waals surface area (Å²) in [6.45, 7) is 3.76. The van der Waals surface area contributed by atoms with Crippen molar-refractivity contribution < 1.29 is 4.39 Å². The third-order valence-electron chi connectivity index (χ3n) is 4.35. The molecule has 2 aromatic carbocycles. The molecule has 0 aliphatic carbocycles. The first-order chi connectivity index (χ1) is 13.0. The highest BCUT2D eigenvalue weighted by Gasteiger charge is 2.18. The van der Waals surface area contributed by atoms with Crippen LogP contribution in [0.5, 0.6) is 0 Å². The first kappa shape index (κ1) is 17.5. The van der Waals surface area contributed by atoms with E-state index in [9.17, 15) is 9.18 Å². The van der Waals surface area contributed by atoms with Crippen molar-refractivity contribution in [2.75, 3.05) is 0 Å². The molecule has 0 aliphatic rings. The van der Waals surface area contributed by atoms with E-state index < -0.39 is 0 Å². The molecule has 2 aromatic heterocycles. The summed E-state index contributed by atoms with van der Waals surface area (Å²) in [5.41, 5.74) is 3.48. The number of nitrogens with zero attached hydrogens (tertiary/aromatic N) is 3. The number of aromatic amines is 1. The maximum atomic E-state index is 13.5. The molecule has 0 bridgehead atoms. The van der Waals surface area contributed by atoms with E-state index >= 15 is 0 Å². The molecule has 1 N–H and O–H groups in total. The van der Waals surface area contributed by atoms with Crippen LogP contribution in [0.3, 0.4) is 0 Å². The molecule has 27 heavy (non-hydrogen) atoms. The Kier molecular flexibility index (Phi) is 4.53. The molecule has 0 aliphatic heterocycles. The molecule has 7 heteroatoms. The molecule has 0 saturated carbocycles. The molecule has 0 atom stereocenters. The SMILES string of the molecule is Cc1ccccc1-n1c(SCc2cccc(F)c2)nc2n[nH]c(C)c2c1=O. The maximum Gasteiger partial charge on any atom is 0.270 e. The summed E-state index contributed by atoms with van der Waals surface area (Å²) in [6, 6.07) is 14.1. The van der Waals surface area contributed by atoms with Gasteiger partial charge < -0.3 is 0 Å². The van der Waals surface area contributed by atoms with Crippen molar-refractivity contribution in [3.8, 4) is 5.69 Å². The van der Waals surface area contributed by atoms with Gasteiger partial charge in [0.1, 0.15) is 11.2 Å². The minimum Gasteiger partial charge on any atom is -0.280 e. The normalized spacial score (nSPS) is 11.2. The van der Waals surface area contributed by atoms with Gasteiger partial charge in [0.05, 0.1) is 5.69 Å². The van der Waals surface area contributed by atoms with E-state index in [-0.39, 0.29) is 11.4 Å². The number of aryl methyl sites for hydroxylation is 2. The van der Waals surface area contributed by atoms with Crippen LogP contribution in [0.4, 0.5) is 4.39 Å². The molecule has 4 aromatic rings. The number of thioether (sulfide) groups is 1. The monoisotopic (exact) mass is 380 g/mol. The second-order valence-corrected chi connectivity index (χ2v) is 7.23. The Labute approximate surface area is 159 Å². The van der Waals surface area contributed by atoms with Crippen LogP contribution in [-0.4, -0.2) is 19.7 Å². The van der Waals surface area contributed by atoms with Crippen LogP contribution in [-0.2, 0) is 5.75 Å². The van der Waals surface area contributed by atoms with Crippen molar-refractivity contribution in [2.24, 2.45) is 0 Å². The molecular formula is C20H17FN4OS. The van der Waals surface area contributed by atoms with Gasteiger partial charge in [-0.25, -0.2) is 9.37 Å². The van der Waals surface area contributed by atoms with Gasteiger partial charge in [0.2, 0.25) is 0 Å². The van der Waals surface area contributed by atoms with Crippen LogP contribution in [0.25, 0.3) is 16.7 Å². The second-order valence-electron chi connectivity index (χ2n) is 6.29. The molecule has 4 rings (SSSR count). The number of para-hydroxylation sites is 1. The Balaban J connectivity index is 1.87. The summed E-state index contributed by atoms with van der Waals surface area (Å²) < 4.78 is 15.1. The van der Waals surface area contributed by atoms with Crippen molar-refractivity contribution in [1.29, 1.82) is 0 Å². The first-order valence-electron chi connectivity index (χ1n) is 8.45.